The summed E-state index contributed by atoms with van der Waals surface area (Å²) in [7, 11) is 0. The number of carbonyl (C=O) groups is 1. The van der Waals surface area contributed by atoms with Gasteiger partial charge in [-0.2, -0.15) is 0 Å². The molecule has 17 heavy (non-hydrogen) atoms. The SMILES string of the molecule is CCCCC(N)C(=O)Nc1cc(C)cc(C)n1. The molecule has 94 valence electrons. The summed E-state index contributed by atoms with van der Waals surface area (Å²) in [6.07, 6.45) is 2.73. The summed E-state index contributed by atoms with van der Waals surface area (Å²) >= 11 is 0. The van der Waals surface area contributed by atoms with Crippen LogP contribution in [0.3, 0.4) is 0 Å². The highest BCUT2D eigenvalue weighted by Crippen LogP contribution is 2.10. The number of carbonyl (C=O) groups excluding carboxylic acids is 1. The number of nitrogens with one attached hydrogen (secondary N) is 1. The van der Waals surface area contributed by atoms with Crippen LogP contribution in [0.15, 0.2) is 12.1 Å². The van der Waals surface area contributed by atoms with E-state index in [0.29, 0.717) is 12.2 Å². The molecule has 1 heterocycles. The van der Waals surface area contributed by atoms with Gasteiger partial charge in [-0.15, -0.1) is 0 Å². The maximum absolute atomic E-state index is 11.8. The molecule has 1 rings (SSSR count). The van der Waals surface area contributed by atoms with Crippen molar-refractivity contribution in [2.24, 2.45) is 5.73 Å². The Hall–Kier alpha value is -1.42. The quantitative estimate of drug-likeness (QED) is 0.821. The third-order valence-electron chi connectivity index (χ3n) is 2.55. The first kappa shape index (κ1) is 13.6. The first-order chi connectivity index (χ1) is 8.02. The predicted molar refractivity (Wildman–Crippen MR) is 69.8 cm³/mol. The van der Waals surface area contributed by atoms with Crippen molar-refractivity contribution in [1.29, 1.82) is 0 Å². The zero-order chi connectivity index (χ0) is 12.8. The minimum atomic E-state index is -0.447. The second-order valence-corrected chi connectivity index (χ2v) is 4.41. The second-order valence-electron chi connectivity index (χ2n) is 4.41. The zero-order valence-corrected chi connectivity index (χ0v) is 10.8. The van der Waals surface area contributed by atoms with Crippen LogP contribution < -0.4 is 11.1 Å². The van der Waals surface area contributed by atoms with Crippen molar-refractivity contribution in [3.63, 3.8) is 0 Å². The molecule has 0 spiro atoms. The van der Waals surface area contributed by atoms with E-state index in [-0.39, 0.29) is 5.91 Å². The largest absolute Gasteiger partial charge is 0.320 e. The summed E-state index contributed by atoms with van der Waals surface area (Å²) in [5.41, 5.74) is 7.76. The third-order valence-corrected chi connectivity index (χ3v) is 2.55. The number of aromatic nitrogens is 1. The summed E-state index contributed by atoms with van der Waals surface area (Å²) in [5, 5.41) is 2.76. The van der Waals surface area contributed by atoms with E-state index < -0.39 is 6.04 Å². The Morgan fingerprint density at radius 2 is 2.18 bits per heavy atom. The molecule has 1 aromatic heterocycles. The van der Waals surface area contributed by atoms with Crippen LogP contribution in [0.25, 0.3) is 0 Å². The van der Waals surface area contributed by atoms with Crippen LogP contribution in [-0.2, 0) is 4.79 Å². The Morgan fingerprint density at radius 3 is 2.76 bits per heavy atom. The van der Waals surface area contributed by atoms with E-state index >= 15 is 0 Å². The molecule has 4 heteroatoms. The Labute approximate surface area is 103 Å². The molecular weight excluding hydrogens is 214 g/mol. The van der Waals surface area contributed by atoms with Crippen LogP contribution in [0.4, 0.5) is 5.82 Å². The fraction of sp³-hybridized carbons (Fsp3) is 0.538. The molecule has 1 amide bonds. The standard InChI is InChI=1S/C13H21N3O/c1-4-5-6-11(14)13(17)16-12-8-9(2)7-10(3)15-12/h7-8,11H,4-6,14H2,1-3H3,(H,15,16,17). The monoisotopic (exact) mass is 235 g/mol. The Kier molecular flexibility index (Phi) is 5.10. The van der Waals surface area contributed by atoms with E-state index in [1.165, 1.54) is 0 Å². The van der Waals surface area contributed by atoms with Crippen molar-refractivity contribution in [3.05, 3.63) is 23.4 Å². The lowest BCUT2D eigenvalue weighted by Crippen LogP contribution is -2.35. The highest BCUT2D eigenvalue weighted by atomic mass is 16.2. The van der Waals surface area contributed by atoms with E-state index in [4.69, 9.17) is 5.73 Å². The van der Waals surface area contributed by atoms with Crippen LogP contribution in [0.2, 0.25) is 0 Å². The molecule has 0 saturated carbocycles. The molecule has 0 aliphatic heterocycles. The molecule has 3 N–H and O–H groups in total. The number of anilines is 1. The molecule has 0 aliphatic rings. The molecule has 4 nitrogen and oxygen atoms in total. The normalized spacial score (nSPS) is 12.2. The summed E-state index contributed by atoms with van der Waals surface area (Å²) in [6, 6.07) is 3.36. The number of nitrogens with two attached hydrogens (primary N) is 1. The van der Waals surface area contributed by atoms with Crippen molar-refractivity contribution < 1.29 is 4.79 Å². The van der Waals surface area contributed by atoms with E-state index in [1.54, 1.807) is 0 Å². The number of hydrogen-bond acceptors (Lipinski definition) is 3. The van der Waals surface area contributed by atoms with Gasteiger partial charge in [-0.3, -0.25) is 4.79 Å². The van der Waals surface area contributed by atoms with Gasteiger partial charge in [0.2, 0.25) is 5.91 Å². The lowest BCUT2D eigenvalue weighted by atomic mass is 10.1. The second kappa shape index (κ2) is 6.35. The third kappa shape index (κ3) is 4.53. The maximum Gasteiger partial charge on any atom is 0.242 e. The van der Waals surface area contributed by atoms with E-state index in [2.05, 4.69) is 17.2 Å². The van der Waals surface area contributed by atoms with Gasteiger partial charge in [-0.05, 0) is 38.0 Å². The average molecular weight is 235 g/mol. The van der Waals surface area contributed by atoms with Crippen molar-refractivity contribution in [2.45, 2.75) is 46.1 Å². The number of rotatable bonds is 5. The zero-order valence-electron chi connectivity index (χ0n) is 10.8. The van der Waals surface area contributed by atoms with Crippen LogP contribution in [0.1, 0.15) is 37.4 Å². The smallest absolute Gasteiger partial charge is 0.242 e. The summed E-state index contributed by atoms with van der Waals surface area (Å²) in [5.74, 6) is 0.426. The van der Waals surface area contributed by atoms with Gasteiger partial charge in [0.15, 0.2) is 0 Å². The first-order valence-corrected chi connectivity index (χ1v) is 6.04. The number of unbranched alkanes of at least 4 members (excludes halogenated alkanes) is 1. The predicted octanol–water partition coefficient (Wildman–Crippen LogP) is 2.15. The van der Waals surface area contributed by atoms with Gasteiger partial charge in [0.1, 0.15) is 5.82 Å². The highest BCUT2D eigenvalue weighted by molar-refractivity contribution is 5.93. The number of nitrogens with zero attached hydrogens (tertiary/aromatic N) is 1. The average Bonchev–Trinajstić information content (AvgIpc) is 2.24. The van der Waals surface area contributed by atoms with Gasteiger partial charge in [0, 0.05) is 5.69 Å². The van der Waals surface area contributed by atoms with Crippen molar-refractivity contribution in [2.75, 3.05) is 5.32 Å². The molecular formula is C13H21N3O. The minimum Gasteiger partial charge on any atom is -0.320 e. The first-order valence-electron chi connectivity index (χ1n) is 6.04. The number of amides is 1. The van der Waals surface area contributed by atoms with Gasteiger partial charge < -0.3 is 11.1 Å². The van der Waals surface area contributed by atoms with Gasteiger partial charge in [0.05, 0.1) is 6.04 Å². The van der Waals surface area contributed by atoms with Crippen LogP contribution in [0.5, 0.6) is 0 Å². The lowest BCUT2D eigenvalue weighted by molar-refractivity contribution is -0.117. The number of pyridine rings is 1. The van der Waals surface area contributed by atoms with E-state index in [0.717, 1.165) is 24.1 Å². The van der Waals surface area contributed by atoms with Crippen LogP contribution >= 0.6 is 0 Å². The molecule has 0 radical (unpaired) electrons. The summed E-state index contributed by atoms with van der Waals surface area (Å²) in [4.78, 5) is 16.0. The Bertz CT molecular complexity index is 370. The van der Waals surface area contributed by atoms with Crippen molar-refractivity contribution in [1.82, 2.24) is 4.98 Å². The molecule has 1 aromatic rings. The highest BCUT2D eigenvalue weighted by Gasteiger charge is 2.13. The van der Waals surface area contributed by atoms with E-state index in [9.17, 15) is 4.79 Å². The van der Waals surface area contributed by atoms with Gasteiger partial charge >= 0.3 is 0 Å². The van der Waals surface area contributed by atoms with Gasteiger partial charge in [-0.25, -0.2) is 4.98 Å². The number of aryl methyl sites for hydroxylation is 2. The lowest BCUT2D eigenvalue weighted by Gasteiger charge is -2.12. The maximum atomic E-state index is 11.8. The summed E-state index contributed by atoms with van der Waals surface area (Å²) in [6.45, 7) is 5.96. The van der Waals surface area contributed by atoms with E-state index in [1.807, 2.05) is 26.0 Å². The molecule has 0 fully saturated rings. The topological polar surface area (TPSA) is 68.0 Å². The molecule has 0 aliphatic carbocycles. The molecule has 1 unspecified atom stereocenters. The van der Waals surface area contributed by atoms with Crippen molar-refractivity contribution in [3.8, 4) is 0 Å². The number of hydrogen-bond donors (Lipinski definition) is 2. The van der Waals surface area contributed by atoms with Crippen LogP contribution in [0, 0.1) is 13.8 Å². The van der Waals surface area contributed by atoms with Gasteiger partial charge in [-0.1, -0.05) is 19.8 Å². The Morgan fingerprint density at radius 1 is 1.47 bits per heavy atom. The molecule has 1 atom stereocenters. The van der Waals surface area contributed by atoms with Crippen LogP contribution in [-0.4, -0.2) is 16.9 Å². The van der Waals surface area contributed by atoms with Crippen molar-refractivity contribution >= 4 is 11.7 Å². The molecule has 0 bridgehead atoms. The minimum absolute atomic E-state index is 0.157. The summed E-state index contributed by atoms with van der Waals surface area (Å²) < 4.78 is 0. The van der Waals surface area contributed by atoms with Gasteiger partial charge in [0.25, 0.3) is 0 Å². The Balaban J connectivity index is 2.61. The molecule has 0 saturated heterocycles. The molecule has 0 aromatic carbocycles. The fourth-order valence-corrected chi connectivity index (χ4v) is 1.68. The fourth-order valence-electron chi connectivity index (χ4n) is 1.68.